The summed E-state index contributed by atoms with van der Waals surface area (Å²) in [6.07, 6.45) is 3.55. The molecule has 1 amide bonds. The number of rotatable bonds is 1. The van der Waals surface area contributed by atoms with Crippen molar-refractivity contribution in [3.63, 3.8) is 0 Å². The molecule has 5 nitrogen and oxygen atoms in total. The molecule has 5 rings (SSSR count). The van der Waals surface area contributed by atoms with Crippen LogP contribution in [0.5, 0.6) is 0 Å². The van der Waals surface area contributed by atoms with E-state index in [2.05, 4.69) is 4.98 Å². The van der Waals surface area contributed by atoms with Crippen LogP contribution >= 0.6 is 11.3 Å². The van der Waals surface area contributed by atoms with Gasteiger partial charge in [-0.1, -0.05) is 0 Å². The molecule has 1 aliphatic heterocycles. The maximum absolute atomic E-state index is 13.9. The highest BCUT2D eigenvalue weighted by Gasteiger charge is 2.26. The summed E-state index contributed by atoms with van der Waals surface area (Å²) < 4.78 is 14.9. The van der Waals surface area contributed by atoms with Crippen LogP contribution in [0.2, 0.25) is 0 Å². The molecule has 1 N–H and O–H groups in total. The van der Waals surface area contributed by atoms with Crippen molar-refractivity contribution in [2.45, 2.75) is 25.7 Å². The van der Waals surface area contributed by atoms with Gasteiger partial charge in [0.2, 0.25) is 5.91 Å². The number of likely N-dealkylation sites (tertiary alicyclic amines) is 1. The third-order valence-corrected chi connectivity index (χ3v) is 6.82. The van der Waals surface area contributed by atoms with E-state index in [4.69, 9.17) is 4.98 Å². The monoisotopic (exact) mass is 395 g/mol. The molecule has 4 aromatic rings. The van der Waals surface area contributed by atoms with Crippen molar-refractivity contribution in [1.29, 1.82) is 0 Å². The number of piperidine rings is 1. The molecule has 7 heteroatoms. The number of nitrogens with one attached hydrogen (secondary N) is 1. The molecule has 0 saturated carbocycles. The molecule has 28 heavy (non-hydrogen) atoms. The molecule has 2 aromatic heterocycles. The molecule has 1 fully saturated rings. The lowest BCUT2D eigenvalue weighted by atomic mass is 9.98. The van der Waals surface area contributed by atoms with Crippen LogP contribution in [0.3, 0.4) is 0 Å². The highest BCUT2D eigenvalue weighted by molar-refractivity contribution is 7.19. The van der Waals surface area contributed by atoms with Gasteiger partial charge in [0.1, 0.15) is 5.82 Å². The molecule has 0 radical (unpaired) electrons. The Labute approximate surface area is 163 Å². The third kappa shape index (κ3) is 2.61. The second-order valence-corrected chi connectivity index (χ2v) is 8.35. The molecule has 0 spiro atoms. The molecule has 0 bridgehead atoms. The van der Waals surface area contributed by atoms with Crippen LogP contribution in [0.4, 0.5) is 4.39 Å². The fourth-order valence-electron chi connectivity index (χ4n) is 4.21. The first-order valence-corrected chi connectivity index (χ1v) is 10.1. The average Bonchev–Trinajstić information content (AvgIpc) is 3.14. The second-order valence-electron chi connectivity index (χ2n) is 7.32. The Morgan fingerprint density at radius 3 is 2.96 bits per heavy atom. The number of halogens is 1. The van der Waals surface area contributed by atoms with Gasteiger partial charge in [-0.15, -0.1) is 11.3 Å². The number of benzene rings is 2. The molecule has 1 saturated heterocycles. The normalized spacial score (nSPS) is 17.6. The molecular formula is C21H18FN3O2S. The minimum atomic E-state index is -0.378. The molecule has 1 aliphatic rings. The number of hydrogen-bond donors (Lipinski definition) is 1. The number of aromatic nitrogens is 2. The molecule has 0 aliphatic carbocycles. The predicted octanol–water partition coefficient (Wildman–Crippen LogP) is 4.16. The fraction of sp³-hybridized carbons (Fsp3) is 0.286. The summed E-state index contributed by atoms with van der Waals surface area (Å²) in [5.74, 6) is -0.109. The van der Waals surface area contributed by atoms with E-state index in [1.165, 1.54) is 12.1 Å². The minimum absolute atomic E-state index is 0.0868. The van der Waals surface area contributed by atoms with Crippen LogP contribution < -0.4 is 5.56 Å². The molecule has 2 aromatic carbocycles. The van der Waals surface area contributed by atoms with Gasteiger partial charge in [-0.2, -0.15) is 0 Å². The first kappa shape index (κ1) is 17.3. The summed E-state index contributed by atoms with van der Waals surface area (Å²) in [5.41, 5.74) is 0.568. The van der Waals surface area contributed by atoms with E-state index in [0.29, 0.717) is 17.3 Å². The van der Waals surface area contributed by atoms with Crippen molar-refractivity contribution in [2.24, 2.45) is 0 Å². The maximum Gasteiger partial charge on any atom is 0.256 e. The van der Waals surface area contributed by atoms with Gasteiger partial charge in [0.25, 0.3) is 5.56 Å². The smallest absolute Gasteiger partial charge is 0.256 e. The van der Waals surface area contributed by atoms with Crippen molar-refractivity contribution in [3.8, 4) is 0 Å². The van der Waals surface area contributed by atoms with Crippen LogP contribution in [0.15, 0.2) is 35.3 Å². The van der Waals surface area contributed by atoms with E-state index in [9.17, 15) is 14.0 Å². The zero-order valence-electron chi connectivity index (χ0n) is 15.3. The fourth-order valence-corrected chi connectivity index (χ4v) is 5.44. The first-order chi connectivity index (χ1) is 13.5. The lowest BCUT2D eigenvalue weighted by Crippen LogP contribution is -2.37. The Morgan fingerprint density at radius 2 is 2.14 bits per heavy atom. The van der Waals surface area contributed by atoms with Crippen LogP contribution in [-0.2, 0) is 4.79 Å². The van der Waals surface area contributed by atoms with Gasteiger partial charge in [0.15, 0.2) is 0 Å². The number of H-pyrrole nitrogens is 1. The SMILES string of the molecule is CC(=O)N1CCCC(c2nc3c4ccc(F)cc4c4c(=O)[nH]ccc4c3s2)C1. The summed E-state index contributed by atoms with van der Waals surface area (Å²) in [6, 6.07) is 6.37. The summed E-state index contributed by atoms with van der Waals surface area (Å²) >= 11 is 1.58. The van der Waals surface area contributed by atoms with Crippen LogP contribution in [-0.4, -0.2) is 33.9 Å². The van der Waals surface area contributed by atoms with Crippen LogP contribution in [0, 0.1) is 5.82 Å². The lowest BCUT2D eigenvalue weighted by Gasteiger charge is -2.30. The average molecular weight is 395 g/mol. The van der Waals surface area contributed by atoms with Crippen molar-refractivity contribution in [2.75, 3.05) is 13.1 Å². The lowest BCUT2D eigenvalue weighted by molar-refractivity contribution is -0.130. The zero-order valence-corrected chi connectivity index (χ0v) is 16.1. The first-order valence-electron chi connectivity index (χ1n) is 9.31. The molecule has 142 valence electrons. The van der Waals surface area contributed by atoms with Gasteiger partial charge < -0.3 is 9.88 Å². The minimum Gasteiger partial charge on any atom is -0.342 e. The molecule has 1 unspecified atom stereocenters. The van der Waals surface area contributed by atoms with Gasteiger partial charge in [-0.25, -0.2) is 9.37 Å². The van der Waals surface area contributed by atoms with Crippen LogP contribution in [0.25, 0.3) is 31.8 Å². The summed E-state index contributed by atoms with van der Waals surface area (Å²) in [4.78, 5) is 33.8. The molecule has 1 atom stereocenters. The van der Waals surface area contributed by atoms with E-state index in [1.807, 2.05) is 11.0 Å². The highest BCUT2D eigenvalue weighted by Crippen LogP contribution is 2.40. The quantitative estimate of drug-likeness (QED) is 0.492. The van der Waals surface area contributed by atoms with E-state index in [-0.39, 0.29) is 23.2 Å². The Kier molecular flexibility index (Phi) is 3.94. The second kappa shape index (κ2) is 6.38. The number of thiazole rings is 1. The van der Waals surface area contributed by atoms with Gasteiger partial charge in [-0.3, -0.25) is 9.59 Å². The van der Waals surface area contributed by atoms with Crippen molar-refractivity contribution < 1.29 is 9.18 Å². The Hall–Kier alpha value is -2.80. The van der Waals surface area contributed by atoms with Crippen molar-refractivity contribution >= 4 is 49.0 Å². The van der Waals surface area contributed by atoms with Gasteiger partial charge in [-0.05, 0) is 37.1 Å². The number of fused-ring (bicyclic) bond motifs is 6. The third-order valence-electron chi connectivity index (χ3n) is 5.57. The van der Waals surface area contributed by atoms with E-state index < -0.39 is 0 Å². The summed E-state index contributed by atoms with van der Waals surface area (Å²) in [7, 11) is 0. The largest absolute Gasteiger partial charge is 0.342 e. The summed E-state index contributed by atoms with van der Waals surface area (Å²) in [5, 5.41) is 3.62. The number of carbonyl (C=O) groups excluding carboxylic acids is 1. The van der Waals surface area contributed by atoms with E-state index >= 15 is 0 Å². The Bertz CT molecular complexity index is 1310. The van der Waals surface area contributed by atoms with Crippen molar-refractivity contribution in [3.05, 3.63) is 51.6 Å². The number of nitrogens with zero attached hydrogens (tertiary/aromatic N) is 2. The topological polar surface area (TPSA) is 66.1 Å². The summed E-state index contributed by atoms with van der Waals surface area (Å²) in [6.45, 7) is 3.06. The van der Waals surface area contributed by atoms with E-state index in [0.717, 1.165) is 45.4 Å². The highest BCUT2D eigenvalue weighted by atomic mass is 32.1. The van der Waals surface area contributed by atoms with Crippen LogP contribution in [0.1, 0.15) is 30.7 Å². The maximum atomic E-state index is 13.9. The number of aromatic amines is 1. The Morgan fingerprint density at radius 1 is 1.29 bits per heavy atom. The van der Waals surface area contributed by atoms with Gasteiger partial charge in [0.05, 0.1) is 20.6 Å². The standard InChI is InChI=1S/C21H18FN3O2S/c1-11(26)25-8-2-3-12(10-25)21-24-18-14-5-4-13(22)9-16(14)17-15(19(18)28-21)6-7-23-20(17)27/h4-7,9,12H,2-3,8,10H2,1H3,(H,23,27). The zero-order chi connectivity index (χ0) is 19.4. The number of pyridine rings is 1. The molecule has 3 heterocycles. The number of carbonyl (C=O) groups is 1. The van der Waals surface area contributed by atoms with Gasteiger partial charge in [0, 0.05) is 48.3 Å². The molecular weight excluding hydrogens is 377 g/mol. The Balaban J connectivity index is 1.79. The number of amides is 1. The predicted molar refractivity (Wildman–Crippen MR) is 109 cm³/mol. The van der Waals surface area contributed by atoms with Crippen molar-refractivity contribution in [1.82, 2.24) is 14.9 Å². The van der Waals surface area contributed by atoms with E-state index in [1.54, 1.807) is 30.5 Å². The number of hydrogen-bond acceptors (Lipinski definition) is 4. The van der Waals surface area contributed by atoms with Gasteiger partial charge >= 0.3 is 0 Å².